The molecule has 1 heterocycles. The van der Waals surface area contributed by atoms with Crippen LogP contribution in [0.3, 0.4) is 0 Å². The van der Waals surface area contributed by atoms with Gasteiger partial charge >= 0.3 is 5.97 Å². The first-order valence-corrected chi connectivity index (χ1v) is 5.56. The van der Waals surface area contributed by atoms with Gasteiger partial charge in [0.05, 0.1) is 12.1 Å². The summed E-state index contributed by atoms with van der Waals surface area (Å²) in [7, 11) is 0. The third kappa shape index (κ3) is 2.03. The van der Waals surface area contributed by atoms with E-state index >= 15 is 0 Å². The van der Waals surface area contributed by atoms with Gasteiger partial charge in [-0.15, -0.1) is 0 Å². The van der Waals surface area contributed by atoms with Crippen LogP contribution in [0.1, 0.15) is 27.2 Å². The molecule has 0 unspecified atom stereocenters. The van der Waals surface area contributed by atoms with E-state index in [1.54, 1.807) is 0 Å². The van der Waals surface area contributed by atoms with E-state index in [1.807, 2.05) is 24.3 Å². The molecule has 1 aliphatic rings. The summed E-state index contributed by atoms with van der Waals surface area (Å²) in [5.74, 6) is 0.513. The number of ether oxygens (including phenoxy) is 1. The number of carbonyl (C=O) groups is 1. The van der Waals surface area contributed by atoms with Crippen molar-refractivity contribution in [2.24, 2.45) is 0 Å². The molecule has 0 radical (unpaired) electrons. The second-order valence-electron chi connectivity index (χ2n) is 5.01. The predicted molar refractivity (Wildman–Crippen MR) is 63.8 cm³/mol. The predicted octanol–water partition coefficient (Wildman–Crippen LogP) is 2.60. The van der Waals surface area contributed by atoms with Crippen LogP contribution in [0.15, 0.2) is 24.3 Å². The lowest BCUT2D eigenvalue weighted by atomic mass is 10.0. The van der Waals surface area contributed by atoms with E-state index in [1.165, 1.54) is 0 Å². The molecule has 3 heteroatoms. The minimum atomic E-state index is -0.154. The van der Waals surface area contributed by atoms with E-state index in [9.17, 15) is 4.79 Å². The van der Waals surface area contributed by atoms with Crippen molar-refractivity contribution < 1.29 is 9.53 Å². The maximum atomic E-state index is 11.5. The van der Waals surface area contributed by atoms with Gasteiger partial charge in [-0.3, -0.25) is 4.79 Å². The Kier molecular flexibility index (Phi) is 2.62. The molecule has 0 spiro atoms. The van der Waals surface area contributed by atoms with Gasteiger partial charge in [-0.1, -0.05) is 12.1 Å². The first-order valence-electron chi connectivity index (χ1n) is 5.56. The number of fused-ring (bicyclic) bond motifs is 1. The lowest BCUT2D eigenvalue weighted by molar-refractivity contribution is -0.133. The second-order valence-corrected chi connectivity index (χ2v) is 5.01. The average molecular weight is 219 g/mol. The molecule has 0 aromatic heterocycles. The smallest absolute Gasteiger partial charge is 0.313 e. The quantitative estimate of drug-likeness (QED) is 0.496. The third-order valence-electron chi connectivity index (χ3n) is 2.73. The highest BCUT2D eigenvalue weighted by atomic mass is 16.5. The zero-order chi connectivity index (χ0) is 11.8. The Morgan fingerprint density at radius 1 is 1.25 bits per heavy atom. The van der Waals surface area contributed by atoms with Crippen LogP contribution in [0.2, 0.25) is 0 Å². The first kappa shape index (κ1) is 11.0. The fraction of sp³-hybridized carbons (Fsp3) is 0.462. The summed E-state index contributed by atoms with van der Waals surface area (Å²) in [6.07, 6.45) is 0.436. The molecule has 0 bridgehead atoms. The van der Waals surface area contributed by atoms with Crippen molar-refractivity contribution >= 4 is 11.7 Å². The molecule has 0 N–H and O–H groups in total. The number of esters is 1. The van der Waals surface area contributed by atoms with E-state index < -0.39 is 0 Å². The molecule has 3 nitrogen and oxygen atoms in total. The van der Waals surface area contributed by atoms with E-state index in [2.05, 4.69) is 25.7 Å². The van der Waals surface area contributed by atoms with Gasteiger partial charge in [0.15, 0.2) is 5.75 Å². The first-order chi connectivity index (χ1) is 7.48. The van der Waals surface area contributed by atoms with Crippen LogP contribution < -0.4 is 9.64 Å². The summed E-state index contributed by atoms with van der Waals surface area (Å²) in [5.41, 5.74) is 0.991. The highest BCUT2D eigenvalue weighted by Crippen LogP contribution is 2.34. The molecule has 0 aliphatic carbocycles. The zero-order valence-electron chi connectivity index (χ0n) is 9.99. The van der Waals surface area contributed by atoms with Gasteiger partial charge in [0.25, 0.3) is 0 Å². The van der Waals surface area contributed by atoms with Crippen LogP contribution >= 0.6 is 0 Å². The summed E-state index contributed by atoms with van der Waals surface area (Å²) in [5, 5.41) is 0. The SMILES string of the molecule is CC(C)(C)N1CCC(=O)Oc2ccccc21. The van der Waals surface area contributed by atoms with Gasteiger partial charge in [-0.25, -0.2) is 0 Å². The monoisotopic (exact) mass is 219 g/mol. The molecule has 1 aromatic rings. The summed E-state index contributed by atoms with van der Waals surface area (Å²) in [6.45, 7) is 7.12. The van der Waals surface area contributed by atoms with Crippen LogP contribution in [-0.4, -0.2) is 18.1 Å². The highest BCUT2D eigenvalue weighted by Gasteiger charge is 2.28. The van der Waals surface area contributed by atoms with E-state index in [4.69, 9.17) is 4.74 Å². The number of hydrogen-bond donors (Lipinski definition) is 0. The molecule has 16 heavy (non-hydrogen) atoms. The standard InChI is InChI=1S/C13H17NO2/c1-13(2,3)14-9-8-12(15)16-11-7-5-4-6-10(11)14/h4-7H,8-9H2,1-3H3. The summed E-state index contributed by atoms with van der Waals surface area (Å²) in [6, 6.07) is 7.70. The van der Waals surface area contributed by atoms with Crippen LogP contribution in [-0.2, 0) is 4.79 Å². The van der Waals surface area contributed by atoms with Crippen molar-refractivity contribution in [3.8, 4) is 5.75 Å². The van der Waals surface area contributed by atoms with Gasteiger partial charge in [-0.2, -0.15) is 0 Å². The van der Waals surface area contributed by atoms with Crippen LogP contribution in [0.5, 0.6) is 5.75 Å². The van der Waals surface area contributed by atoms with Crippen molar-refractivity contribution in [1.82, 2.24) is 0 Å². The molecule has 1 aliphatic heterocycles. The van der Waals surface area contributed by atoms with Crippen molar-refractivity contribution in [3.05, 3.63) is 24.3 Å². The molecule has 0 amide bonds. The van der Waals surface area contributed by atoms with E-state index in [0.29, 0.717) is 18.7 Å². The number of nitrogens with zero attached hydrogens (tertiary/aromatic N) is 1. The second kappa shape index (κ2) is 3.81. The number of hydrogen-bond acceptors (Lipinski definition) is 3. The van der Waals surface area contributed by atoms with Gasteiger partial charge in [-0.05, 0) is 32.9 Å². The van der Waals surface area contributed by atoms with Crippen LogP contribution in [0, 0.1) is 0 Å². The summed E-state index contributed by atoms with van der Waals surface area (Å²) < 4.78 is 5.30. The number of carbonyl (C=O) groups excluding carboxylic acids is 1. The molecule has 0 atom stereocenters. The van der Waals surface area contributed by atoms with Gasteiger partial charge < -0.3 is 9.64 Å². The normalized spacial score (nSPS) is 16.4. The summed E-state index contributed by atoms with van der Waals surface area (Å²) >= 11 is 0. The fourth-order valence-electron chi connectivity index (χ4n) is 1.96. The van der Waals surface area contributed by atoms with Crippen molar-refractivity contribution in [2.75, 3.05) is 11.4 Å². The maximum Gasteiger partial charge on any atom is 0.313 e. The Morgan fingerprint density at radius 2 is 1.94 bits per heavy atom. The highest BCUT2D eigenvalue weighted by molar-refractivity contribution is 5.78. The Bertz CT molecular complexity index is 407. The molecule has 0 saturated carbocycles. The topological polar surface area (TPSA) is 29.5 Å². The minimum Gasteiger partial charge on any atom is -0.424 e. The lowest BCUT2D eigenvalue weighted by Gasteiger charge is -2.36. The van der Waals surface area contributed by atoms with Gasteiger partial charge in [0.2, 0.25) is 0 Å². The Labute approximate surface area is 96.0 Å². The minimum absolute atomic E-state index is 0.00984. The largest absolute Gasteiger partial charge is 0.424 e. The van der Waals surface area contributed by atoms with Crippen molar-refractivity contribution in [1.29, 1.82) is 0 Å². The van der Waals surface area contributed by atoms with Crippen LogP contribution in [0.4, 0.5) is 5.69 Å². The van der Waals surface area contributed by atoms with Crippen molar-refractivity contribution in [2.45, 2.75) is 32.7 Å². The average Bonchev–Trinajstić information content (AvgIpc) is 2.34. The van der Waals surface area contributed by atoms with E-state index in [0.717, 1.165) is 5.69 Å². The third-order valence-corrected chi connectivity index (χ3v) is 2.73. The summed E-state index contributed by atoms with van der Waals surface area (Å²) in [4.78, 5) is 13.7. The van der Waals surface area contributed by atoms with Gasteiger partial charge in [0, 0.05) is 12.1 Å². The lowest BCUT2D eigenvalue weighted by Crippen LogP contribution is -2.42. The number of benzene rings is 1. The molecule has 0 fully saturated rings. The number of rotatable bonds is 0. The number of para-hydroxylation sites is 2. The van der Waals surface area contributed by atoms with E-state index in [-0.39, 0.29) is 11.5 Å². The molecule has 1 aromatic carbocycles. The Balaban J connectivity index is 2.46. The molecular formula is C13H17NO2. The van der Waals surface area contributed by atoms with Crippen LogP contribution in [0.25, 0.3) is 0 Å². The Morgan fingerprint density at radius 3 is 2.62 bits per heavy atom. The Hall–Kier alpha value is -1.51. The van der Waals surface area contributed by atoms with Crippen molar-refractivity contribution in [3.63, 3.8) is 0 Å². The molecular weight excluding hydrogens is 202 g/mol. The number of anilines is 1. The molecule has 0 saturated heterocycles. The molecule has 2 rings (SSSR count). The fourth-order valence-corrected chi connectivity index (χ4v) is 1.96. The van der Waals surface area contributed by atoms with Gasteiger partial charge in [0.1, 0.15) is 0 Å². The zero-order valence-corrected chi connectivity index (χ0v) is 9.99. The molecule has 86 valence electrons. The maximum absolute atomic E-state index is 11.5.